The molecule has 2 N–H and O–H groups in total. The van der Waals surface area contributed by atoms with E-state index in [4.69, 9.17) is 0 Å². The summed E-state index contributed by atoms with van der Waals surface area (Å²) in [7, 11) is 0. The Labute approximate surface area is 140 Å². The molecule has 2 aromatic heterocycles. The number of benzene rings is 1. The van der Waals surface area contributed by atoms with Crippen molar-refractivity contribution in [1.82, 2.24) is 15.0 Å². The van der Waals surface area contributed by atoms with Crippen LogP contribution >= 0.6 is 0 Å². The summed E-state index contributed by atoms with van der Waals surface area (Å²) in [6.45, 7) is 2.57. The third kappa shape index (κ3) is 4.13. The molecule has 0 fully saturated rings. The van der Waals surface area contributed by atoms with Gasteiger partial charge in [-0.05, 0) is 42.3 Å². The maximum Gasteiger partial charge on any atom is 0.274 e. The molecular formula is C18H17N5O. The molecule has 3 aromatic rings. The molecule has 120 valence electrons. The zero-order valence-electron chi connectivity index (χ0n) is 13.2. The van der Waals surface area contributed by atoms with E-state index in [1.165, 1.54) is 6.33 Å². The van der Waals surface area contributed by atoms with Crippen LogP contribution in [-0.2, 0) is 6.54 Å². The van der Waals surface area contributed by atoms with Crippen molar-refractivity contribution in [3.8, 4) is 0 Å². The fraction of sp³-hybridized carbons (Fsp3) is 0.111. The normalized spacial score (nSPS) is 10.2. The average molecular weight is 319 g/mol. The minimum atomic E-state index is -0.269. The lowest BCUT2D eigenvalue weighted by Gasteiger charge is -2.08. The lowest BCUT2D eigenvalue weighted by atomic mass is 10.2. The molecule has 0 radical (unpaired) electrons. The second-order valence-electron chi connectivity index (χ2n) is 5.32. The van der Waals surface area contributed by atoms with Gasteiger partial charge >= 0.3 is 0 Å². The molecule has 6 nitrogen and oxygen atoms in total. The number of pyridine rings is 1. The molecule has 0 aliphatic heterocycles. The summed E-state index contributed by atoms with van der Waals surface area (Å²) in [6, 6.07) is 13.1. The van der Waals surface area contributed by atoms with Gasteiger partial charge in [0.25, 0.3) is 5.91 Å². The number of rotatable bonds is 5. The summed E-state index contributed by atoms with van der Waals surface area (Å²) in [5, 5.41) is 6.01. The monoisotopic (exact) mass is 319 g/mol. The van der Waals surface area contributed by atoms with E-state index in [-0.39, 0.29) is 5.91 Å². The molecule has 0 atom stereocenters. The van der Waals surface area contributed by atoms with Gasteiger partial charge in [-0.2, -0.15) is 0 Å². The number of hydrogen-bond donors (Lipinski definition) is 2. The van der Waals surface area contributed by atoms with Crippen LogP contribution < -0.4 is 10.6 Å². The summed E-state index contributed by atoms with van der Waals surface area (Å²) in [5.41, 5.74) is 3.21. The van der Waals surface area contributed by atoms with Crippen LogP contribution in [0.4, 0.5) is 11.5 Å². The first-order valence-corrected chi connectivity index (χ1v) is 7.53. The summed E-state index contributed by atoms with van der Waals surface area (Å²) < 4.78 is 0. The number of anilines is 2. The smallest absolute Gasteiger partial charge is 0.274 e. The zero-order valence-corrected chi connectivity index (χ0v) is 13.2. The van der Waals surface area contributed by atoms with Gasteiger partial charge in [-0.15, -0.1) is 0 Å². The first-order valence-electron chi connectivity index (χ1n) is 7.53. The minimum absolute atomic E-state index is 0.269. The highest BCUT2D eigenvalue weighted by atomic mass is 16.1. The first kappa shape index (κ1) is 15.6. The van der Waals surface area contributed by atoms with Crippen molar-refractivity contribution in [1.29, 1.82) is 0 Å². The lowest BCUT2D eigenvalue weighted by Crippen LogP contribution is -2.14. The molecule has 1 aromatic carbocycles. The third-order valence-electron chi connectivity index (χ3n) is 3.40. The Kier molecular flexibility index (Phi) is 4.76. The van der Waals surface area contributed by atoms with Gasteiger partial charge in [-0.25, -0.2) is 9.97 Å². The van der Waals surface area contributed by atoms with Crippen LogP contribution in [-0.4, -0.2) is 20.9 Å². The second kappa shape index (κ2) is 7.32. The van der Waals surface area contributed by atoms with Gasteiger partial charge in [0.15, 0.2) is 0 Å². The quantitative estimate of drug-likeness (QED) is 0.755. The van der Waals surface area contributed by atoms with Crippen LogP contribution in [0.25, 0.3) is 0 Å². The predicted molar refractivity (Wildman–Crippen MR) is 92.7 cm³/mol. The molecular weight excluding hydrogens is 302 g/mol. The zero-order chi connectivity index (χ0) is 16.8. The van der Waals surface area contributed by atoms with Gasteiger partial charge in [-0.1, -0.05) is 12.1 Å². The molecule has 0 saturated carbocycles. The summed E-state index contributed by atoms with van der Waals surface area (Å²) in [6.07, 6.45) is 4.84. The molecule has 0 aliphatic rings. The molecule has 24 heavy (non-hydrogen) atoms. The number of amides is 1. The van der Waals surface area contributed by atoms with E-state index in [2.05, 4.69) is 25.6 Å². The summed E-state index contributed by atoms with van der Waals surface area (Å²) in [4.78, 5) is 24.5. The van der Waals surface area contributed by atoms with E-state index in [9.17, 15) is 4.79 Å². The van der Waals surface area contributed by atoms with Crippen molar-refractivity contribution in [2.75, 3.05) is 10.6 Å². The summed E-state index contributed by atoms with van der Waals surface area (Å²) in [5.74, 6) is 0.325. The van der Waals surface area contributed by atoms with E-state index in [0.717, 1.165) is 16.8 Å². The number of carbonyl (C=O) groups is 1. The van der Waals surface area contributed by atoms with Crippen LogP contribution in [0.15, 0.2) is 61.2 Å². The van der Waals surface area contributed by atoms with Crippen molar-refractivity contribution in [2.45, 2.75) is 13.5 Å². The maximum atomic E-state index is 12.3. The van der Waals surface area contributed by atoms with Gasteiger partial charge in [0.2, 0.25) is 0 Å². The molecule has 0 spiro atoms. The second-order valence-corrected chi connectivity index (χ2v) is 5.32. The molecule has 6 heteroatoms. The van der Waals surface area contributed by atoms with Crippen molar-refractivity contribution in [2.24, 2.45) is 0 Å². The number of hydrogen-bond acceptors (Lipinski definition) is 5. The molecule has 0 unspecified atom stereocenters. The SMILES string of the molecule is Cc1cccc(NC(=O)c2cc(NCc3ccncc3)ncn2)c1. The minimum Gasteiger partial charge on any atom is -0.366 e. The van der Waals surface area contributed by atoms with Crippen molar-refractivity contribution in [3.05, 3.63) is 78.0 Å². The Morgan fingerprint density at radius 3 is 2.71 bits per heavy atom. The Balaban J connectivity index is 1.67. The van der Waals surface area contributed by atoms with Crippen molar-refractivity contribution in [3.63, 3.8) is 0 Å². The van der Waals surface area contributed by atoms with Crippen molar-refractivity contribution < 1.29 is 4.79 Å². The van der Waals surface area contributed by atoms with E-state index in [1.54, 1.807) is 18.5 Å². The Hall–Kier alpha value is -3.28. The molecule has 0 aliphatic carbocycles. The van der Waals surface area contributed by atoms with Gasteiger partial charge in [0.1, 0.15) is 17.8 Å². The van der Waals surface area contributed by atoms with Crippen LogP contribution in [0, 0.1) is 6.92 Å². The Morgan fingerprint density at radius 2 is 1.92 bits per heavy atom. The Bertz CT molecular complexity index is 836. The number of nitrogens with zero attached hydrogens (tertiary/aromatic N) is 3. The van der Waals surface area contributed by atoms with E-state index in [0.29, 0.717) is 18.1 Å². The van der Waals surface area contributed by atoms with Gasteiger partial charge in [-0.3, -0.25) is 9.78 Å². The van der Waals surface area contributed by atoms with E-state index in [1.807, 2.05) is 43.3 Å². The van der Waals surface area contributed by atoms with Gasteiger partial charge < -0.3 is 10.6 Å². The Morgan fingerprint density at radius 1 is 1.08 bits per heavy atom. The van der Waals surface area contributed by atoms with Crippen LogP contribution in [0.1, 0.15) is 21.6 Å². The molecule has 0 saturated heterocycles. The standard InChI is InChI=1S/C18H17N5O/c1-13-3-2-4-15(9-13)23-18(24)16-10-17(22-12-21-16)20-11-14-5-7-19-8-6-14/h2-10,12H,11H2,1H3,(H,23,24)(H,20,21,22). The lowest BCUT2D eigenvalue weighted by molar-refractivity contribution is 0.102. The number of aromatic nitrogens is 3. The fourth-order valence-corrected chi connectivity index (χ4v) is 2.19. The van der Waals surface area contributed by atoms with E-state index < -0.39 is 0 Å². The van der Waals surface area contributed by atoms with Crippen molar-refractivity contribution >= 4 is 17.4 Å². The van der Waals surface area contributed by atoms with Gasteiger partial charge in [0.05, 0.1) is 0 Å². The van der Waals surface area contributed by atoms with Gasteiger partial charge in [0, 0.05) is 30.7 Å². The molecule has 2 heterocycles. The molecule has 1 amide bonds. The van der Waals surface area contributed by atoms with Crippen LogP contribution in [0.2, 0.25) is 0 Å². The topological polar surface area (TPSA) is 79.8 Å². The number of carbonyl (C=O) groups excluding carboxylic acids is 1. The third-order valence-corrected chi connectivity index (χ3v) is 3.40. The average Bonchev–Trinajstić information content (AvgIpc) is 2.61. The number of aryl methyl sites for hydroxylation is 1. The van der Waals surface area contributed by atoms with Crippen LogP contribution in [0.3, 0.4) is 0 Å². The highest BCUT2D eigenvalue weighted by molar-refractivity contribution is 6.03. The predicted octanol–water partition coefficient (Wildman–Crippen LogP) is 3.04. The highest BCUT2D eigenvalue weighted by Crippen LogP contribution is 2.12. The van der Waals surface area contributed by atoms with Crippen LogP contribution in [0.5, 0.6) is 0 Å². The number of nitrogens with one attached hydrogen (secondary N) is 2. The molecule has 0 bridgehead atoms. The molecule has 3 rings (SSSR count). The van der Waals surface area contributed by atoms with E-state index >= 15 is 0 Å². The maximum absolute atomic E-state index is 12.3. The first-order chi connectivity index (χ1) is 11.7. The fourth-order valence-electron chi connectivity index (χ4n) is 2.19. The largest absolute Gasteiger partial charge is 0.366 e. The summed E-state index contributed by atoms with van der Waals surface area (Å²) >= 11 is 0. The highest BCUT2D eigenvalue weighted by Gasteiger charge is 2.09.